The van der Waals surface area contributed by atoms with E-state index in [4.69, 9.17) is 5.73 Å². The van der Waals surface area contributed by atoms with E-state index in [1.54, 1.807) is 0 Å². The molecule has 1 aromatic heterocycles. The predicted molar refractivity (Wildman–Crippen MR) is 69.0 cm³/mol. The van der Waals surface area contributed by atoms with E-state index in [9.17, 15) is 4.79 Å². The molecule has 0 fully saturated rings. The van der Waals surface area contributed by atoms with Crippen molar-refractivity contribution < 1.29 is 4.79 Å². The molecule has 0 spiro atoms. The van der Waals surface area contributed by atoms with Gasteiger partial charge in [-0.3, -0.25) is 4.79 Å². The molecule has 1 aromatic carbocycles. The van der Waals surface area contributed by atoms with Crippen LogP contribution in [0.15, 0.2) is 24.5 Å². The number of carbonyl (C=O) groups excluding carboxylic acids is 1. The van der Waals surface area contributed by atoms with Crippen molar-refractivity contribution in [1.29, 1.82) is 0 Å². The van der Waals surface area contributed by atoms with Crippen molar-refractivity contribution in [3.05, 3.63) is 35.8 Å². The number of amides is 1. The Hall–Kier alpha value is -2.43. The Morgan fingerprint density at radius 2 is 2.17 bits per heavy atom. The molecular formula is C13H12N4O. The quantitative estimate of drug-likeness (QED) is 0.792. The minimum absolute atomic E-state index is 0.0222. The molecule has 0 atom stereocenters. The fourth-order valence-corrected chi connectivity index (χ4v) is 2.09. The van der Waals surface area contributed by atoms with Crippen molar-refractivity contribution >= 4 is 17.3 Å². The van der Waals surface area contributed by atoms with Gasteiger partial charge in [-0.1, -0.05) is 6.07 Å². The Morgan fingerprint density at radius 3 is 3.00 bits per heavy atom. The Kier molecular flexibility index (Phi) is 2.26. The summed E-state index contributed by atoms with van der Waals surface area (Å²) in [6.07, 6.45) is 1.91. The molecule has 3 N–H and O–H groups in total. The minimum atomic E-state index is 0.0222. The molecule has 1 amide bonds. The van der Waals surface area contributed by atoms with E-state index >= 15 is 0 Å². The summed E-state index contributed by atoms with van der Waals surface area (Å²) in [6, 6.07) is 5.74. The Labute approximate surface area is 104 Å². The van der Waals surface area contributed by atoms with E-state index in [1.165, 1.54) is 6.33 Å². The lowest BCUT2D eigenvalue weighted by atomic mass is 10.0. The zero-order chi connectivity index (χ0) is 12.7. The molecule has 18 heavy (non-hydrogen) atoms. The molecule has 0 bridgehead atoms. The molecular weight excluding hydrogens is 228 g/mol. The lowest BCUT2D eigenvalue weighted by Gasteiger charge is -2.07. The van der Waals surface area contributed by atoms with Crippen LogP contribution in [0.2, 0.25) is 0 Å². The number of hydrogen-bond donors (Lipinski definition) is 2. The molecule has 0 unspecified atom stereocenters. The second kappa shape index (κ2) is 3.80. The zero-order valence-corrected chi connectivity index (χ0v) is 9.90. The summed E-state index contributed by atoms with van der Waals surface area (Å²) < 4.78 is 0. The van der Waals surface area contributed by atoms with E-state index in [2.05, 4.69) is 15.3 Å². The topological polar surface area (TPSA) is 80.9 Å². The molecule has 90 valence electrons. The summed E-state index contributed by atoms with van der Waals surface area (Å²) in [7, 11) is 0. The van der Waals surface area contributed by atoms with Gasteiger partial charge in [-0.15, -0.1) is 0 Å². The van der Waals surface area contributed by atoms with E-state index < -0.39 is 0 Å². The van der Waals surface area contributed by atoms with Crippen molar-refractivity contribution in [2.75, 3.05) is 11.1 Å². The van der Waals surface area contributed by atoms with Gasteiger partial charge in [-0.2, -0.15) is 0 Å². The molecule has 5 nitrogen and oxygen atoms in total. The third kappa shape index (κ3) is 1.60. The molecule has 0 aliphatic carbocycles. The van der Waals surface area contributed by atoms with Gasteiger partial charge in [-0.05, 0) is 24.6 Å². The highest BCUT2D eigenvalue weighted by Gasteiger charge is 2.18. The summed E-state index contributed by atoms with van der Waals surface area (Å²) in [5, 5.41) is 2.80. The van der Waals surface area contributed by atoms with Crippen LogP contribution in [0.1, 0.15) is 11.3 Å². The first kappa shape index (κ1) is 10.7. The third-order valence-electron chi connectivity index (χ3n) is 3.09. The largest absolute Gasteiger partial charge is 0.395 e. The van der Waals surface area contributed by atoms with Gasteiger partial charge in [0.25, 0.3) is 0 Å². The van der Waals surface area contributed by atoms with Crippen LogP contribution in [0.25, 0.3) is 11.3 Å². The van der Waals surface area contributed by atoms with E-state index in [1.807, 2.05) is 25.1 Å². The number of hydrogen-bond acceptors (Lipinski definition) is 4. The Balaban J connectivity index is 2.11. The van der Waals surface area contributed by atoms with Crippen molar-refractivity contribution in [3.63, 3.8) is 0 Å². The maximum Gasteiger partial charge on any atom is 0.228 e. The van der Waals surface area contributed by atoms with Gasteiger partial charge in [0, 0.05) is 11.3 Å². The SMILES string of the molecule is Cc1ncnc(-c2ccc3c(c2)CC(=O)N3)c1N. The highest BCUT2D eigenvalue weighted by Crippen LogP contribution is 2.30. The highest BCUT2D eigenvalue weighted by molar-refractivity contribution is 5.99. The number of rotatable bonds is 1. The van der Waals surface area contributed by atoms with Crippen molar-refractivity contribution in [2.24, 2.45) is 0 Å². The second-order valence-corrected chi connectivity index (χ2v) is 4.32. The van der Waals surface area contributed by atoms with Gasteiger partial charge in [0.1, 0.15) is 6.33 Å². The van der Waals surface area contributed by atoms with Crippen LogP contribution in [-0.2, 0) is 11.2 Å². The molecule has 0 saturated carbocycles. The first-order chi connectivity index (χ1) is 8.65. The number of nitrogens with zero attached hydrogens (tertiary/aromatic N) is 2. The smallest absolute Gasteiger partial charge is 0.228 e. The summed E-state index contributed by atoms with van der Waals surface area (Å²) in [4.78, 5) is 19.6. The monoisotopic (exact) mass is 240 g/mol. The lowest BCUT2D eigenvalue weighted by molar-refractivity contribution is -0.115. The van der Waals surface area contributed by atoms with E-state index in [0.717, 1.165) is 22.5 Å². The maximum atomic E-state index is 11.3. The van der Waals surface area contributed by atoms with Gasteiger partial charge in [0.05, 0.1) is 23.5 Å². The Morgan fingerprint density at radius 1 is 1.33 bits per heavy atom. The van der Waals surface area contributed by atoms with Gasteiger partial charge in [-0.25, -0.2) is 9.97 Å². The number of aryl methyl sites for hydroxylation is 1. The second-order valence-electron chi connectivity index (χ2n) is 4.32. The summed E-state index contributed by atoms with van der Waals surface area (Å²) in [6.45, 7) is 1.85. The van der Waals surface area contributed by atoms with Gasteiger partial charge < -0.3 is 11.1 Å². The molecule has 0 radical (unpaired) electrons. The minimum Gasteiger partial charge on any atom is -0.395 e. The van der Waals surface area contributed by atoms with Crippen LogP contribution in [0, 0.1) is 6.92 Å². The maximum absolute atomic E-state index is 11.3. The molecule has 0 saturated heterocycles. The average molecular weight is 240 g/mol. The number of fused-ring (bicyclic) bond motifs is 1. The van der Waals surface area contributed by atoms with Crippen molar-refractivity contribution in [3.8, 4) is 11.3 Å². The van der Waals surface area contributed by atoms with E-state index in [0.29, 0.717) is 17.8 Å². The molecule has 2 heterocycles. The van der Waals surface area contributed by atoms with Crippen LogP contribution in [0.5, 0.6) is 0 Å². The van der Waals surface area contributed by atoms with Crippen LogP contribution in [-0.4, -0.2) is 15.9 Å². The third-order valence-corrected chi connectivity index (χ3v) is 3.09. The molecule has 3 rings (SSSR count). The molecule has 5 heteroatoms. The van der Waals surface area contributed by atoms with E-state index in [-0.39, 0.29) is 5.91 Å². The van der Waals surface area contributed by atoms with Gasteiger partial charge in [0.15, 0.2) is 0 Å². The normalized spacial score (nSPS) is 13.3. The van der Waals surface area contributed by atoms with Crippen LogP contribution in [0.3, 0.4) is 0 Å². The number of nitrogen functional groups attached to an aromatic ring is 1. The molecule has 2 aromatic rings. The average Bonchev–Trinajstić information content (AvgIpc) is 2.71. The summed E-state index contributed by atoms with van der Waals surface area (Å²) in [5.74, 6) is 0.0222. The van der Waals surface area contributed by atoms with Crippen molar-refractivity contribution in [2.45, 2.75) is 13.3 Å². The summed E-state index contributed by atoms with van der Waals surface area (Å²) in [5.41, 5.74) is 10.8. The zero-order valence-electron chi connectivity index (χ0n) is 9.90. The number of nitrogens with two attached hydrogens (primary N) is 1. The summed E-state index contributed by atoms with van der Waals surface area (Å²) >= 11 is 0. The van der Waals surface area contributed by atoms with Crippen molar-refractivity contribution in [1.82, 2.24) is 9.97 Å². The van der Waals surface area contributed by atoms with Crippen LogP contribution in [0.4, 0.5) is 11.4 Å². The standard InChI is InChI=1S/C13H12N4O/c1-7-12(14)13(16-6-15-7)8-2-3-10-9(4-8)5-11(18)17-10/h2-4,6H,5,14H2,1H3,(H,17,18). The first-order valence-corrected chi connectivity index (χ1v) is 5.65. The predicted octanol–water partition coefficient (Wildman–Crippen LogP) is 1.53. The Bertz CT molecular complexity index is 651. The number of aromatic nitrogens is 2. The number of anilines is 2. The highest BCUT2D eigenvalue weighted by atomic mass is 16.1. The lowest BCUT2D eigenvalue weighted by Crippen LogP contribution is -2.03. The number of benzene rings is 1. The number of carbonyl (C=O) groups is 1. The number of nitrogens with one attached hydrogen (secondary N) is 1. The van der Waals surface area contributed by atoms with Crippen LogP contribution >= 0.6 is 0 Å². The van der Waals surface area contributed by atoms with Gasteiger partial charge in [0.2, 0.25) is 5.91 Å². The molecule has 1 aliphatic rings. The van der Waals surface area contributed by atoms with Crippen LogP contribution < -0.4 is 11.1 Å². The first-order valence-electron chi connectivity index (χ1n) is 5.65. The fraction of sp³-hybridized carbons (Fsp3) is 0.154. The fourth-order valence-electron chi connectivity index (χ4n) is 2.09. The molecule has 1 aliphatic heterocycles. The van der Waals surface area contributed by atoms with Gasteiger partial charge >= 0.3 is 0 Å².